The van der Waals surface area contributed by atoms with Crippen LogP contribution in [-0.4, -0.2) is 30.2 Å². The highest BCUT2D eigenvalue weighted by molar-refractivity contribution is 5.83. The average molecular weight is 507 g/mol. The third kappa shape index (κ3) is 5.80. The van der Waals surface area contributed by atoms with Crippen LogP contribution in [0, 0.1) is 0 Å². The molecule has 8 heteroatoms. The second-order valence-electron chi connectivity index (χ2n) is 9.25. The third-order valence-corrected chi connectivity index (χ3v) is 6.80. The lowest BCUT2D eigenvalue weighted by molar-refractivity contribution is -0.137. The maximum atomic E-state index is 13.5. The summed E-state index contributed by atoms with van der Waals surface area (Å²) < 4.78 is 45.7. The molecule has 2 aromatic heterocycles. The van der Waals surface area contributed by atoms with Crippen molar-refractivity contribution in [2.45, 2.75) is 31.5 Å². The summed E-state index contributed by atoms with van der Waals surface area (Å²) in [4.78, 5) is 7.94. The molecule has 0 atom stereocenters. The summed E-state index contributed by atoms with van der Waals surface area (Å²) in [6.45, 7) is 2.42. The minimum atomic E-state index is -4.41. The van der Waals surface area contributed by atoms with Gasteiger partial charge in [-0.2, -0.15) is 13.2 Å². The third-order valence-electron chi connectivity index (χ3n) is 6.80. The number of hydrogen-bond acceptors (Lipinski definition) is 4. The second-order valence-corrected chi connectivity index (χ2v) is 9.25. The van der Waals surface area contributed by atoms with Gasteiger partial charge in [0.1, 0.15) is 11.6 Å². The zero-order chi connectivity index (χ0) is 25.8. The highest BCUT2D eigenvalue weighted by Crippen LogP contribution is 2.39. The molecule has 1 saturated heterocycles. The molecule has 1 aliphatic rings. The standard InChI is InChI=1S/C29H29F3N4O/c1-37-24-7-5-19(6-8-24)18-35-27-16-21(11-14-34-27)25-17-26(20-9-12-33-13-10-20)36-28(25)22-3-2-4-23(15-22)29(30,31)32/h2-8,11,14-17,20,33,36H,9-10,12-13,18H2,1H3,(H,34,35). The molecule has 0 bridgehead atoms. The number of anilines is 1. The van der Waals surface area contributed by atoms with Crippen LogP contribution in [0.2, 0.25) is 0 Å². The van der Waals surface area contributed by atoms with Crippen molar-refractivity contribution in [1.82, 2.24) is 15.3 Å². The van der Waals surface area contributed by atoms with Gasteiger partial charge < -0.3 is 20.4 Å². The fourth-order valence-electron chi connectivity index (χ4n) is 4.77. The highest BCUT2D eigenvalue weighted by Gasteiger charge is 2.31. The van der Waals surface area contributed by atoms with Crippen LogP contribution in [0.4, 0.5) is 19.0 Å². The van der Waals surface area contributed by atoms with Crippen molar-refractivity contribution in [2.24, 2.45) is 0 Å². The normalized spacial score (nSPS) is 14.5. The SMILES string of the molecule is COc1ccc(CNc2cc(-c3cc(C4CCNCC4)[nH]c3-c3cccc(C(F)(F)F)c3)ccn2)cc1. The molecule has 5 nitrogen and oxygen atoms in total. The number of hydrogen-bond donors (Lipinski definition) is 3. The van der Waals surface area contributed by atoms with E-state index in [9.17, 15) is 13.2 Å². The monoisotopic (exact) mass is 506 g/mol. The number of pyridine rings is 1. The van der Waals surface area contributed by atoms with Crippen molar-refractivity contribution < 1.29 is 17.9 Å². The molecule has 37 heavy (non-hydrogen) atoms. The molecule has 1 fully saturated rings. The fourth-order valence-corrected chi connectivity index (χ4v) is 4.77. The van der Waals surface area contributed by atoms with Gasteiger partial charge in [0.15, 0.2) is 0 Å². The molecule has 0 unspecified atom stereocenters. The number of benzene rings is 2. The van der Waals surface area contributed by atoms with E-state index in [2.05, 4.69) is 26.7 Å². The largest absolute Gasteiger partial charge is 0.497 e. The lowest BCUT2D eigenvalue weighted by atomic mass is 9.94. The molecule has 3 heterocycles. The van der Waals surface area contributed by atoms with Gasteiger partial charge in [0.2, 0.25) is 0 Å². The minimum Gasteiger partial charge on any atom is -0.497 e. The van der Waals surface area contributed by atoms with Gasteiger partial charge in [0, 0.05) is 29.9 Å². The molecule has 0 amide bonds. The number of methoxy groups -OCH3 is 1. The van der Waals surface area contributed by atoms with E-state index in [1.165, 1.54) is 12.1 Å². The number of H-pyrrole nitrogens is 1. The number of aromatic amines is 1. The number of rotatable bonds is 7. The van der Waals surface area contributed by atoms with Gasteiger partial charge in [0.05, 0.1) is 18.4 Å². The quantitative estimate of drug-likeness (QED) is 0.257. The Morgan fingerprint density at radius 2 is 1.76 bits per heavy atom. The Morgan fingerprint density at radius 1 is 0.973 bits per heavy atom. The Balaban J connectivity index is 1.48. The molecule has 1 aliphatic heterocycles. The Morgan fingerprint density at radius 3 is 2.49 bits per heavy atom. The van der Waals surface area contributed by atoms with Crippen molar-refractivity contribution in [2.75, 3.05) is 25.5 Å². The van der Waals surface area contributed by atoms with E-state index >= 15 is 0 Å². The van der Waals surface area contributed by atoms with Crippen molar-refractivity contribution in [3.05, 3.63) is 89.7 Å². The fraction of sp³-hybridized carbons (Fsp3) is 0.276. The highest BCUT2D eigenvalue weighted by atomic mass is 19.4. The molecule has 0 saturated carbocycles. The van der Waals surface area contributed by atoms with Crippen LogP contribution in [0.15, 0.2) is 72.9 Å². The Kier molecular flexibility index (Phi) is 7.19. The van der Waals surface area contributed by atoms with E-state index in [1.807, 2.05) is 36.4 Å². The van der Waals surface area contributed by atoms with E-state index in [1.54, 1.807) is 19.4 Å². The van der Waals surface area contributed by atoms with Gasteiger partial charge in [-0.25, -0.2) is 4.98 Å². The molecule has 0 radical (unpaired) electrons. The Hall–Kier alpha value is -3.78. The summed E-state index contributed by atoms with van der Waals surface area (Å²) in [5, 5.41) is 6.72. The Labute approximate surface area is 214 Å². The number of piperidine rings is 1. The first kappa shape index (κ1) is 24.9. The second kappa shape index (κ2) is 10.7. The van der Waals surface area contributed by atoms with Crippen molar-refractivity contribution in [1.29, 1.82) is 0 Å². The summed E-state index contributed by atoms with van der Waals surface area (Å²) in [5.74, 6) is 1.81. The van der Waals surface area contributed by atoms with Crippen LogP contribution in [0.5, 0.6) is 5.75 Å². The molecule has 4 aromatic rings. The molecular formula is C29H29F3N4O. The predicted octanol–water partition coefficient (Wildman–Crippen LogP) is 6.85. The van der Waals surface area contributed by atoms with Crippen molar-refractivity contribution in [3.63, 3.8) is 0 Å². The van der Waals surface area contributed by atoms with Gasteiger partial charge in [-0.05, 0) is 85.1 Å². The molecule has 5 rings (SSSR count). The number of halogens is 3. The summed E-state index contributed by atoms with van der Waals surface area (Å²) in [7, 11) is 1.63. The number of nitrogens with one attached hydrogen (secondary N) is 3. The minimum absolute atomic E-state index is 0.328. The van der Waals surface area contributed by atoms with Crippen LogP contribution >= 0.6 is 0 Å². The van der Waals surface area contributed by atoms with Gasteiger partial charge >= 0.3 is 6.18 Å². The van der Waals surface area contributed by atoms with E-state index in [-0.39, 0.29) is 0 Å². The van der Waals surface area contributed by atoms with Crippen molar-refractivity contribution in [3.8, 4) is 28.1 Å². The zero-order valence-electron chi connectivity index (χ0n) is 20.5. The lowest BCUT2D eigenvalue weighted by Gasteiger charge is -2.21. The zero-order valence-corrected chi connectivity index (χ0v) is 20.5. The summed E-state index contributed by atoms with van der Waals surface area (Å²) in [6, 6.07) is 19.2. The van der Waals surface area contributed by atoms with Gasteiger partial charge in [0.25, 0.3) is 0 Å². The topological polar surface area (TPSA) is 62.0 Å². The van der Waals surface area contributed by atoms with E-state index in [0.29, 0.717) is 29.5 Å². The van der Waals surface area contributed by atoms with Crippen LogP contribution in [0.3, 0.4) is 0 Å². The smallest absolute Gasteiger partial charge is 0.416 e. The summed E-state index contributed by atoms with van der Waals surface area (Å²) >= 11 is 0. The molecule has 192 valence electrons. The van der Waals surface area contributed by atoms with Gasteiger partial charge in [-0.1, -0.05) is 24.3 Å². The molecule has 0 spiro atoms. The maximum absolute atomic E-state index is 13.5. The lowest BCUT2D eigenvalue weighted by Crippen LogP contribution is -2.26. The Bertz CT molecular complexity index is 1340. The summed E-state index contributed by atoms with van der Waals surface area (Å²) in [5.41, 5.74) is 4.41. The molecule has 2 aromatic carbocycles. The van der Waals surface area contributed by atoms with E-state index in [4.69, 9.17) is 4.74 Å². The van der Waals surface area contributed by atoms with E-state index in [0.717, 1.165) is 60.1 Å². The molecule has 0 aliphatic carbocycles. The first-order valence-corrected chi connectivity index (χ1v) is 12.3. The van der Waals surface area contributed by atoms with Gasteiger partial charge in [-0.15, -0.1) is 0 Å². The first-order valence-electron chi connectivity index (χ1n) is 12.3. The molecule has 3 N–H and O–H groups in total. The number of nitrogens with zero attached hydrogens (tertiary/aromatic N) is 1. The average Bonchev–Trinajstić information content (AvgIpc) is 3.38. The predicted molar refractivity (Wildman–Crippen MR) is 140 cm³/mol. The van der Waals surface area contributed by atoms with Crippen LogP contribution in [0.25, 0.3) is 22.4 Å². The van der Waals surface area contributed by atoms with E-state index < -0.39 is 11.7 Å². The molecular weight excluding hydrogens is 477 g/mol. The maximum Gasteiger partial charge on any atom is 0.416 e. The summed E-state index contributed by atoms with van der Waals surface area (Å²) in [6.07, 6.45) is -0.728. The number of ether oxygens (including phenoxy) is 1. The van der Waals surface area contributed by atoms with Crippen molar-refractivity contribution >= 4 is 5.82 Å². The first-order chi connectivity index (χ1) is 17.9. The van der Waals surface area contributed by atoms with Gasteiger partial charge in [-0.3, -0.25) is 0 Å². The number of alkyl halides is 3. The van der Waals surface area contributed by atoms with Crippen LogP contribution in [0.1, 0.15) is 35.6 Å². The van der Waals surface area contributed by atoms with Crippen LogP contribution < -0.4 is 15.4 Å². The van der Waals surface area contributed by atoms with Crippen LogP contribution in [-0.2, 0) is 12.7 Å². The number of aromatic nitrogens is 2.